The molecule has 154 valence electrons. The number of amides is 2. The molecule has 1 aliphatic carbocycles. The lowest BCUT2D eigenvalue weighted by atomic mass is 9.92. The van der Waals surface area contributed by atoms with Crippen LogP contribution in [0.5, 0.6) is 5.75 Å². The fourth-order valence-corrected chi connectivity index (χ4v) is 3.36. The minimum atomic E-state index is -0.804. The van der Waals surface area contributed by atoms with Crippen molar-refractivity contribution in [2.24, 2.45) is 11.5 Å². The van der Waals surface area contributed by atoms with Gasteiger partial charge in [-0.3, -0.25) is 4.79 Å². The van der Waals surface area contributed by atoms with E-state index in [2.05, 4.69) is 20.6 Å². The molecular weight excluding hydrogens is 376 g/mol. The summed E-state index contributed by atoms with van der Waals surface area (Å²) in [6.07, 6.45) is 3.82. The van der Waals surface area contributed by atoms with Crippen molar-refractivity contribution >= 4 is 29.2 Å². The quantitative estimate of drug-likeness (QED) is 0.492. The fraction of sp³-hybridized carbons (Fsp3) is 0.368. The van der Waals surface area contributed by atoms with E-state index in [-0.39, 0.29) is 23.6 Å². The van der Waals surface area contributed by atoms with E-state index in [1.165, 1.54) is 12.3 Å². The highest BCUT2D eigenvalue weighted by Gasteiger charge is 2.28. The lowest BCUT2D eigenvalue weighted by Gasteiger charge is -2.32. The van der Waals surface area contributed by atoms with Gasteiger partial charge in [0.2, 0.25) is 0 Å². The van der Waals surface area contributed by atoms with Crippen LogP contribution in [0.2, 0.25) is 0 Å². The molecule has 2 amide bonds. The van der Waals surface area contributed by atoms with Crippen LogP contribution in [-0.2, 0) is 4.74 Å². The van der Waals surface area contributed by atoms with E-state index in [0.717, 1.165) is 25.7 Å². The van der Waals surface area contributed by atoms with Gasteiger partial charge in [-0.2, -0.15) is 0 Å². The Morgan fingerprint density at radius 2 is 2.00 bits per heavy atom. The fourth-order valence-electron chi connectivity index (χ4n) is 3.36. The largest absolute Gasteiger partial charge is 0.506 e. The molecule has 0 unspecified atom stereocenters. The van der Waals surface area contributed by atoms with Crippen LogP contribution < -0.4 is 22.1 Å². The van der Waals surface area contributed by atoms with E-state index in [1.807, 2.05) is 0 Å². The predicted molar refractivity (Wildman–Crippen MR) is 107 cm³/mol. The molecule has 1 saturated carbocycles. The van der Waals surface area contributed by atoms with E-state index in [1.54, 1.807) is 19.1 Å². The van der Waals surface area contributed by atoms with E-state index in [4.69, 9.17) is 16.2 Å². The Kier molecular flexibility index (Phi) is 6.01. The Balaban J connectivity index is 1.84. The number of hydrogen-bond donors (Lipinski definition) is 5. The molecule has 0 saturated heterocycles. The van der Waals surface area contributed by atoms with Gasteiger partial charge in [0.15, 0.2) is 5.69 Å². The number of nitrogens with one attached hydrogen (secondary N) is 2. The molecule has 1 aliphatic rings. The Labute approximate surface area is 167 Å². The molecule has 0 aromatic carbocycles. The molecule has 0 bridgehead atoms. The first-order valence-corrected chi connectivity index (χ1v) is 9.29. The van der Waals surface area contributed by atoms with Crippen molar-refractivity contribution in [3.8, 4) is 5.75 Å². The number of anilines is 3. The molecule has 1 fully saturated rings. The highest BCUT2D eigenvalue weighted by atomic mass is 16.6. The van der Waals surface area contributed by atoms with Crippen LogP contribution in [0.4, 0.5) is 22.0 Å². The molecule has 2 heterocycles. The van der Waals surface area contributed by atoms with Gasteiger partial charge < -0.3 is 31.9 Å². The average molecular weight is 400 g/mol. The van der Waals surface area contributed by atoms with Gasteiger partial charge in [0.25, 0.3) is 5.91 Å². The van der Waals surface area contributed by atoms with Crippen molar-refractivity contribution in [1.82, 2.24) is 9.97 Å². The minimum absolute atomic E-state index is 0.0525. The number of aromatic nitrogens is 2. The Morgan fingerprint density at radius 1 is 1.24 bits per heavy atom. The smallest absolute Gasteiger partial charge is 0.404 e. The van der Waals surface area contributed by atoms with Crippen molar-refractivity contribution in [2.45, 2.75) is 44.8 Å². The average Bonchev–Trinajstić information content (AvgIpc) is 2.66. The zero-order chi connectivity index (χ0) is 21.0. The molecule has 10 heteroatoms. The number of carbonyl (C=O) groups is 2. The van der Waals surface area contributed by atoms with Gasteiger partial charge >= 0.3 is 6.09 Å². The number of nitrogens with two attached hydrogens (primary N) is 2. The van der Waals surface area contributed by atoms with Crippen molar-refractivity contribution in [1.29, 1.82) is 0 Å². The van der Waals surface area contributed by atoms with Gasteiger partial charge in [-0.1, -0.05) is 6.42 Å². The molecule has 2 aromatic heterocycles. The van der Waals surface area contributed by atoms with E-state index >= 15 is 0 Å². The first kappa shape index (κ1) is 20.2. The van der Waals surface area contributed by atoms with Crippen LogP contribution in [-0.4, -0.2) is 39.2 Å². The van der Waals surface area contributed by atoms with Gasteiger partial charge in [-0.05, 0) is 44.4 Å². The summed E-state index contributed by atoms with van der Waals surface area (Å²) in [7, 11) is 0. The second-order valence-corrected chi connectivity index (χ2v) is 6.92. The van der Waals surface area contributed by atoms with Crippen LogP contribution in [0.3, 0.4) is 0 Å². The standard InChI is InChI=1S/C19H24N6O4/c1-10-14(26)6-7-16(23-10)25-13-8-11(9-22-17(13)18(20)27)24-12-4-2-3-5-15(12)29-19(21)28/h6-9,12,15,24,26H,2-5H2,1H3,(H2,20,27)(H2,21,28)(H,23,25)/t12-,15+/m1/s1. The summed E-state index contributed by atoms with van der Waals surface area (Å²) >= 11 is 0. The number of ether oxygens (including phenoxy) is 1. The normalized spacial score (nSPS) is 18.7. The van der Waals surface area contributed by atoms with Gasteiger partial charge in [0.1, 0.15) is 17.7 Å². The van der Waals surface area contributed by atoms with Crippen LogP contribution in [0.1, 0.15) is 41.9 Å². The number of pyridine rings is 2. The first-order chi connectivity index (χ1) is 13.8. The molecular formula is C19H24N6O4. The number of rotatable bonds is 6. The summed E-state index contributed by atoms with van der Waals surface area (Å²) in [6.45, 7) is 1.66. The predicted octanol–water partition coefficient (Wildman–Crippen LogP) is 2.15. The molecule has 0 spiro atoms. The van der Waals surface area contributed by atoms with Gasteiger partial charge in [-0.15, -0.1) is 0 Å². The molecule has 3 rings (SSSR count). The van der Waals surface area contributed by atoms with Crippen molar-refractivity contribution in [2.75, 3.05) is 10.6 Å². The topological polar surface area (TPSA) is 165 Å². The second kappa shape index (κ2) is 8.63. The summed E-state index contributed by atoms with van der Waals surface area (Å²) in [5.74, 6) is -0.200. The van der Waals surface area contributed by atoms with Crippen molar-refractivity contribution < 1.29 is 19.4 Å². The third kappa shape index (κ3) is 5.03. The van der Waals surface area contributed by atoms with Gasteiger partial charge in [0, 0.05) is 0 Å². The van der Waals surface area contributed by atoms with Crippen LogP contribution >= 0.6 is 0 Å². The van der Waals surface area contributed by atoms with E-state index < -0.39 is 12.0 Å². The van der Waals surface area contributed by atoms with Crippen LogP contribution in [0.15, 0.2) is 24.4 Å². The number of primary amides is 2. The third-order valence-electron chi connectivity index (χ3n) is 4.76. The molecule has 10 nitrogen and oxygen atoms in total. The maximum Gasteiger partial charge on any atom is 0.404 e. The minimum Gasteiger partial charge on any atom is -0.506 e. The summed E-state index contributed by atoms with van der Waals surface area (Å²) in [5.41, 5.74) is 12.1. The van der Waals surface area contributed by atoms with E-state index in [9.17, 15) is 14.7 Å². The molecule has 7 N–H and O–H groups in total. The number of carbonyl (C=O) groups excluding carboxylic acids is 2. The Bertz CT molecular complexity index is 920. The number of aromatic hydroxyl groups is 1. The first-order valence-electron chi connectivity index (χ1n) is 9.29. The Morgan fingerprint density at radius 3 is 2.69 bits per heavy atom. The molecule has 0 radical (unpaired) electrons. The molecule has 0 aliphatic heterocycles. The summed E-state index contributed by atoms with van der Waals surface area (Å²) < 4.78 is 5.22. The molecule has 2 atom stereocenters. The third-order valence-corrected chi connectivity index (χ3v) is 4.76. The molecule has 29 heavy (non-hydrogen) atoms. The van der Waals surface area contributed by atoms with Crippen LogP contribution in [0, 0.1) is 6.92 Å². The lowest BCUT2D eigenvalue weighted by molar-refractivity contribution is 0.0745. The monoisotopic (exact) mass is 400 g/mol. The van der Waals surface area contributed by atoms with Crippen LogP contribution in [0.25, 0.3) is 0 Å². The van der Waals surface area contributed by atoms with Gasteiger partial charge in [-0.25, -0.2) is 14.8 Å². The molecule has 2 aromatic rings. The zero-order valence-electron chi connectivity index (χ0n) is 16.0. The second-order valence-electron chi connectivity index (χ2n) is 6.92. The SMILES string of the molecule is Cc1nc(Nc2cc(N[C@@H]3CCCC[C@@H]3OC(N)=O)cnc2C(N)=O)ccc1O. The number of aryl methyl sites for hydroxylation is 1. The van der Waals surface area contributed by atoms with Gasteiger partial charge in [0.05, 0.1) is 29.3 Å². The highest BCUT2D eigenvalue weighted by molar-refractivity contribution is 5.97. The summed E-state index contributed by atoms with van der Waals surface area (Å²) in [5, 5.41) is 15.9. The van der Waals surface area contributed by atoms with Crippen molar-refractivity contribution in [3.63, 3.8) is 0 Å². The van der Waals surface area contributed by atoms with Crippen molar-refractivity contribution in [3.05, 3.63) is 35.8 Å². The Hall–Kier alpha value is -3.56. The highest BCUT2D eigenvalue weighted by Crippen LogP contribution is 2.28. The number of nitrogens with zero attached hydrogens (tertiary/aromatic N) is 2. The zero-order valence-corrected chi connectivity index (χ0v) is 16.0. The lowest BCUT2D eigenvalue weighted by Crippen LogP contribution is -2.40. The van der Waals surface area contributed by atoms with E-state index in [0.29, 0.717) is 22.9 Å². The number of hydrogen-bond acceptors (Lipinski definition) is 8. The summed E-state index contributed by atoms with van der Waals surface area (Å²) in [4.78, 5) is 31.3. The maximum absolute atomic E-state index is 11.8. The summed E-state index contributed by atoms with van der Waals surface area (Å²) in [6, 6.07) is 4.63. The maximum atomic E-state index is 11.8.